The topological polar surface area (TPSA) is 25.8 Å². The Labute approximate surface area is 125 Å². The number of hydrogen-bond donors (Lipinski definition) is 0. The van der Waals surface area contributed by atoms with Crippen LogP contribution >= 0.6 is 23.2 Å². The number of nitrogens with zero attached hydrogens (tertiary/aromatic N) is 2. The van der Waals surface area contributed by atoms with Crippen LogP contribution in [-0.4, -0.2) is 9.97 Å². The van der Waals surface area contributed by atoms with Gasteiger partial charge in [-0.25, -0.2) is 14.4 Å². The van der Waals surface area contributed by atoms with Gasteiger partial charge in [0.05, 0.1) is 11.1 Å². The van der Waals surface area contributed by atoms with Gasteiger partial charge >= 0.3 is 0 Å². The van der Waals surface area contributed by atoms with E-state index in [0.29, 0.717) is 21.5 Å². The Hall–Kier alpha value is -1.71. The summed E-state index contributed by atoms with van der Waals surface area (Å²) in [6.07, 6.45) is 0. The van der Waals surface area contributed by atoms with Gasteiger partial charge in [-0.3, -0.25) is 0 Å². The van der Waals surface area contributed by atoms with E-state index in [1.807, 2.05) is 6.92 Å². The number of benzene rings is 2. The molecule has 0 radical (unpaired) electrons. The maximum Gasteiger partial charge on any atom is 0.164 e. The largest absolute Gasteiger partial charge is 0.228 e. The molecule has 2 nitrogen and oxygen atoms in total. The second-order valence-corrected chi connectivity index (χ2v) is 5.28. The van der Waals surface area contributed by atoms with Crippen LogP contribution in [0.25, 0.3) is 22.3 Å². The molecule has 5 heteroatoms. The molecule has 0 aliphatic heterocycles. The van der Waals surface area contributed by atoms with Gasteiger partial charge in [-0.05, 0) is 37.3 Å². The van der Waals surface area contributed by atoms with Crippen LogP contribution in [-0.2, 0) is 0 Å². The molecular formula is C15H9Cl2FN2. The van der Waals surface area contributed by atoms with Crippen molar-refractivity contribution in [1.82, 2.24) is 9.97 Å². The van der Waals surface area contributed by atoms with Crippen LogP contribution in [0.1, 0.15) is 5.56 Å². The Bertz CT molecular complexity index is 818. The second-order valence-electron chi connectivity index (χ2n) is 4.48. The van der Waals surface area contributed by atoms with E-state index in [2.05, 4.69) is 9.97 Å². The number of fused-ring (bicyclic) bond motifs is 1. The fraction of sp³-hybridized carbons (Fsp3) is 0.0667. The molecule has 3 aromatic rings. The molecule has 0 saturated carbocycles. The maximum atomic E-state index is 13.9. The minimum absolute atomic E-state index is 0.256. The molecule has 0 aliphatic rings. The van der Waals surface area contributed by atoms with Gasteiger partial charge in [0, 0.05) is 10.4 Å². The Balaban J connectivity index is 2.29. The molecule has 0 unspecified atom stereocenters. The number of aryl methyl sites for hydroxylation is 1. The quantitative estimate of drug-likeness (QED) is 0.588. The first-order valence-corrected chi connectivity index (χ1v) is 6.69. The third-order valence-electron chi connectivity index (χ3n) is 2.98. The lowest BCUT2D eigenvalue weighted by atomic mass is 10.1. The van der Waals surface area contributed by atoms with Crippen LogP contribution in [0.5, 0.6) is 0 Å². The van der Waals surface area contributed by atoms with Crippen molar-refractivity contribution in [2.45, 2.75) is 6.92 Å². The van der Waals surface area contributed by atoms with Gasteiger partial charge in [0.2, 0.25) is 0 Å². The van der Waals surface area contributed by atoms with Crippen LogP contribution in [0, 0.1) is 12.7 Å². The maximum absolute atomic E-state index is 13.9. The highest BCUT2D eigenvalue weighted by atomic mass is 35.5. The van der Waals surface area contributed by atoms with Crippen LogP contribution in [0.3, 0.4) is 0 Å². The molecule has 2 aromatic carbocycles. The first-order valence-electron chi connectivity index (χ1n) is 5.94. The van der Waals surface area contributed by atoms with Gasteiger partial charge in [-0.2, -0.15) is 0 Å². The zero-order chi connectivity index (χ0) is 14.3. The lowest BCUT2D eigenvalue weighted by molar-refractivity contribution is 0.629. The molecule has 20 heavy (non-hydrogen) atoms. The molecule has 100 valence electrons. The summed E-state index contributed by atoms with van der Waals surface area (Å²) in [6, 6.07) is 9.92. The number of halogens is 3. The Kier molecular flexibility index (Phi) is 3.32. The van der Waals surface area contributed by atoms with E-state index in [4.69, 9.17) is 23.2 Å². The average Bonchev–Trinajstić information content (AvgIpc) is 2.41. The normalized spacial score (nSPS) is 11.0. The first kappa shape index (κ1) is 13.3. The molecule has 0 atom stereocenters. The summed E-state index contributed by atoms with van der Waals surface area (Å²) >= 11 is 12.1. The molecule has 0 N–H and O–H groups in total. The molecule has 0 aliphatic carbocycles. The van der Waals surface area contributed by atoms with Gasteiger partial charge < -0.3 is 0 Å². The van der Waals surface area contributed by atoms with Crippen LogP contribution in [0.2, 0.25) is 10.2 Å². The highest BCUT2D eigenvalue weighted by Gasteiger charge is 2.12. The summed E-state index contributed by atoms with van der Waals surface area (Å²) < 4.78 is 13.9. The highest BCUT2D eigenvalue weighted by Crippen LogP contribution is 2.28. The van der Waals surface area contributed by atoms with Crippen LogP contribution in [0.4, 0.5) is 4.39 Å². The number of aromatic nitrogens is 2. The number of rotatable bonds is 1. The predicted molar refractivity (Wildman–Crippen MR) is 79.7 cm³/mol. The van der Waals surface area contributed by atoms with Crippen molar-refractivity contribution in [3.05, 3.63) is 58.0 Å². The highest BCUT2D eigenvalue weighted by molar-refractivity contribution is 6.35. The van der Waals surface area contributed by atoms with Gasteiger partial charge in [0.15, 0.2) is 5.82 Å². The van der Waals surface area contributed by atoms with Gasteiger partial charge in [-0.15, -0.1) is 0 Å². The first-order chi connectivity index (χ1) is 9.54. The Morgan fingerprint density at radius 1 is 1.00 bits per heavy atom. The van der Waals surface area contributed by atoms with Crippen molar-refractivity contribution in [2.75, 3.05) is 0 Å². The fourth-order valence-corrected chi connectivity index (χ4v) is 2.40. The van der Waals surface area contributed by atoms with Crippen LogP contribution in [0.15, 0.2) is 36.4 Å². The molecule has 0 saturated heterocycles. The van der Waals surface area contributed by atoms with Crippen molar-refractivity contribution < 1.29 is 4.39 Å². The van der Waals surface area contributed by atoms with Gasteiger partial charge in [0.1, 0.15) is 11.0 Å². The Morgan fingerprint density at radius 3 is 2.60 bits per heavy atom. The summed E-state index contributed by atoms with van der Waals surface area (Å²) in [4.78, 5) is 8.52. The van der Waals surface area contributed by atoms with E-state index in [1.54, 1.807) is 30.3 Å². The molecule has 0 bridgehead atoms. The van der Waals surface area contributed by atoms with Crippen molar-refractivity contribution >= 4 is 34.1 Å². The number of hydrogen-bond acceptors (Lipinski definition) is 2. The van der Waals surface area contributed by atoms with E-state index < -0.39 is 0 Å². The standard InChI is InChI=1S/C15H9Cl2FN2/c1-8-2-5-12(18)11(6-8)15-19-13-7-9(16)3-4-10(13)14(17)20-15/h2-7H,1H3. The molecule has 1 aromatic heterocycles. The Morgan fingerprint density at radius 2 is 1.80 bits per heavy atom. The van der Waals surface area contributed by atoms with Crippen molar-refractivity contribution in [1.29, 1.82) is 0 Å². The van der Waals surface area contributed by atoms with E-state index in [0.717, 1.165) is 5.56 Å². The molecule has 0 spiro atoms. The van der Waals surface area contributed by atoms with Gasteiger partial charge in [-0.1, -0.05) is 34.8 Å². The summed E-state index contributed by atoms with van der Waals surface area (Å²) in [5.74, 6) is -0.126. The monoisotopic (exact) mass is 306 g/mol. The molecular weight excluding hydrogens is 298 g/mol. The minimum atomic E-state index is -0.381. The van der Waals surface area contributed by atoms with E-state index in [1.165, 1.54) is 6.07 Å². The molecule has 0 fully saturated rings. The van der Waals surface area contributed by atoms with Gasteiger partial charge in [0.25, 0.3) is 0 Å². The predicted octanol–water partition coefficient (Wildman–Crippen LogP) is 5.05. The van der Waals surface area contributed by atoms with E-state index in [-0.39, 0.29) is 16.8 Å². The zero-order valence-corrected chi connectivity index (χ0v) is 12.0. The van der Waals surface area contributed by atoms with Crippen molar-refractivity contribution in [3.8, 4) is 11.4 Å². The third-order valence-corrected chi connectivity index (χ3v) is 3.50. The molecule has 0 amide bonds. The molecule has 1 heterocycles. The van der Waals surface area contributed by atoms with E-state index >= 15 is 0 Å². The molecule has 3 rings (SSSR count). The summed E-state index contributed by atoms with van der Waals surface area (Å²) in [7, 11) is 0. The summed E-state index contributed by atoms with van der Waals surface area (Å²) in [5.41, 5.74) is 1.84. The average molecular weight is 307 g/mol. The van der Waals surface area contributed by atoms with Crippen molar-refractivity contribution in [2.24, 2.45) is 0 Å². The second kappa shape index (κ2) is 5.00. The summed E-state index contributed by atoms with van der Waals surface area (Å²) in [5, 5.41) is 1.51. The lowest BCUT2D eigenvalue weighted by Gasteiger charge is -2.06. The van der Waals surface area contributed by atoms with Crippen molar-refractivity contribution in [3.63, 3.8) is 0 Å². The minimum Gasteiger partial charge on any atom is -0.228 e. The zero-order valence-electron chi connectivity index (χ0n) is 10.5. The summed E-state index contributed by atoms with van der Waals surface area (Å²) in [6.45, 7) is 1.88. The van der Waals surface area contributed by atoms with Crippen LogP contribution < -0.4 is 0 Å². The lowest BCUT2D eigenvalue weighted by Crippen LogP contribution is -1.95. The smallest absolute Gasteiger partial charge is 0.164 e. The fourth-order valence-electron chi connectivity index (χ4n) is 1.99. The SMILES string of the molecule is Cc1ccc(F)c(-c2nc(Cl)c3ccc(Cl)cc3n2)c1. The van der Waals surface area contributed by atoms with E-state index in [9.17, 15) is 4.39 Å². The third kappa shape index (κ3) is 2.35.